The Labute approximate surface area is 287 Å². The normalized spacial score (nSPS) is 12.8. The minimum absolute atomic E-state index is 0.00454. The lowest BCUT2D eigenvalue weighted by Crippen LogP contribution is -2.51. The van der Waals surface area contributed by atoms with E-state index in [0.29, 0.717) is 25.7 Å². The Balaban J connectivity index is 1.53. The molecule has 0 bridgehead atoms. The van der Waals surface area contributed by atoms with Gasteiger partial charge in [0.15, 0.2) is 0 Å². The summed E-state index contributed by atoms with van der Waals surface area (Å²) in [5.41, 5.74) is 1.61. The van der Waals surface area contributed by atoms with Gasteiger partial charge in [0.25, 0.3) is 0 Å². The van der Waals surface area contributed by atoms with Crippen molar-refractivity contribution in [3.05, 3.63) is 59.9 Å². The van der Waals surface area contributed by atoms with Gasteiger partial charge in [-0.1, -0.05) is 47.7 Å². The third-order valence-electron chi connectivity index (χ3n) is 8.10. The van der Waals surface area contributed by atoms with Crippen LogP contribution in [0.5, 0.6) is 0 Å². The predicted octanol–water partition coefficient (Wildman–Crippen LogP) is 2.90. The highest BCUT2D eigenvalue weighted by Gasteiger charge is 2.25. The second-order valence-electron chi connectivity index (χ2n) is 11.9. The number of aryl methyl sites for hydroxylation is 2. The Kier molecular flexibility index (Phi) is 15.8. The lowest BCUT2D eigenvalue weighted by Gasteiger charge is -2.19. The molecule has 0 aliphatic rings. The van der Waals surface area contributed by atoms with Crippen molar-refractivity contribution in [2.45, 2.75) is 82.8 Å². The van der Waals surface area contributed by atoms with Crippen LogP contribution in [-0.4, -0.2) is 91.2 Å². The SMILES string of the molecule is O=C(O)CCC(NC(=O)NC(CCCCNC(=O)C(CC(=O)CCCc1cnnn1CC[18F])Cc1ccc2ccccc2c1)C(=O)O)C(=O)O. The number of carbonyl (C=O) groups excluding carboxylic acids is 3. The van der Waals surface area contributed by atoms with Crippen molar-refractivity contribution in [3.63, 3.8) is 0 Å². The zero-order chi connectivity index (χ0) is 36.5. The van der Waals surface area contributed by atoms with E-state index in [1.807, 2.05) is 42.5 Å². The third-order valence-corrected chi connectivity index (χ3v) is 8.10. The number of Topliss-reactive ketones (excluding diaryl/α,β-unsaturated/α-hetero) is 1. The molecule has 3 atom stereocenters. The molecule has 0 aliphatic carbocycles. The molecule has 3 rings (SSSR count). The molecule has 0 spiro atoms. The van der Waals surface area contributed by atoms with Gasteiger partial charge in [-0.2, -0.15) is 0 Å². The molecule has 1 aromatic heterocycles. The average molecular weight is 698 g/mol. The molecule has 15 nitrogen and oxygen atoms in total. The zero-order valence-corrected chi connectivity index (χ0v) is 27.6. The number of unbranched alkanes of at least 4 members (excludes halogenated alkanes) is 1. The summed E-state index contributed by atoms with van der Waals surface area (Å²) in [4.78, 5) is 72.4. The molecule has 6 N–H and O–H groups in total. The van der Waals surface area contributed by atoms with E-state index < -0.39 is 55.0 Å². The number of halogens is 1. The van der Waals surface area contributed by atoms with E-state index in [4.69, 9.17) is 5.11 Å². The highest BCUT2D eigenvalue weighted by molar-refractivity contribution is 5.88. The molecule has 0 fully saturated rings. The van der Waals surface area contributed by atoms with Crippen molar-refractivity contribution >= 4 is 46.4 Å². The number of carboxylic acid groups (broad SMARTS) is 3. The van der Waals surface area contributed by atoms with Crippen LogP contribution in [0.1, 0.15) is 62.6 Å². The number of fused-ring (bicyclic) bond motifs is 1. The van der Waals surface area contributed by atoms with E-state index in [9.17, 15) is 43.4 Å². The van der Waals surface area contributed by atoms with Gasteiger partial charge in [-0.15, -0.1) is 5.10 Å². The number of benzene rings is 2. The zero-order valence-electron chi connectivity index (χ0n) is 27.6. The lowest BCUT2D eigenvalue weighted by atomic mass is 9.91. The number of rotatable bonds is 23. The first kappa shape index (κ1) is 39.0. The Morgan fingerprint density at radius 1 is 0.840 bits per heavy atom. The molecule has 0 saturated carbocycles. The molecule has 2 aromatic carbocycles. The van der Waals surface area contributed by atoms with E-state index in [0.717, 1.165) is 22.0 Å². The highest BCUT2D eigenvalue weighted by Crippen LogP contribution is 2.21. The number of alkyl halides is 1. The summed E-state index contributed by atoms with van der Waals surface area (Å²) in [6, 6.07) is 9.73. The standard InChI is InChI=1S/C34H43FN6O9/c35-15-17-41-26(21-37-40-41)8-5-9-27(42)20-25(19-22-11-12-23-6-1-2-7-24(23)18-22)31(45)36-16-4-3-10-28(32(46)47)38-34(50)39-29(33(48)49)13-14-30(43)44/h1-2,6-7,11-12,18,21,25,28-29H,3-5,8-10,13-17,19-20H2,(H,36,45)(H,43,44)(H,46,47)(H,48,49)(H2,38,39,50)/i35-1. The first-order valence-corrected chi connectivity index (χ1v) is 16.4. The van der Waals surface area contributed by atoms with Crippen molar-refractivity contribution in [2.24, 2.45) is 5.92 Å². The third kappa shape index (κ3) is 13.2. The van der Waals surface area contributed by atoms with Crippen LogP contribution >= 0.6 is 0 Å². The fourth-order valence-corrected chi connectivity index (χ4v) is 5.46. The van der Waals surface area contributed by atoms with Crippen molar-refractivity contribution in [1.29, 1.82) is 0 Å². The number of ketones is 1. The number of carboxylic acids is 3. The number of hydrogen-bond acceptors (Lipinski definition) is 8. The summed E-state index contributed by atoms with van der Waals surface area (Å²) in [5.74, 6) is -5.14. The molecule has 1 heterocycles. The van der Waals surface area contributed by atoms with Crippen LogP contribution in [0.25, 0.3) is 10.8 Å². The van der Waals surface area contributed by atoms with Gasteiger partial charge in [-0.3, -0.25) is 14.4 Å². The first-order valence-electron chi connectivity index (χ1n) is 16.4. The number of urea groups is 1. The van der Waals surface area contributed by atoms with Crippen LogP contribution in [0.15, 0.2) is 48.7 Å². The van der Waals surface area contributed by atoms with Crippen molar-refractivity contribution in [1.82, 2.24) is 30.9 Å². The molecule has 3 amide bonds. The van der Waals surface area contributed by atoms with Crippen LogP contribution in [0.2, 0.25) is 0 Å². The topological polar surface area (TPSA) is 230 Å². The fraction of sp³-hybridized carbons (Fsp3) is 0.471. The van der Waals surface area contributed by atoms with Gasteiger partial charge < -0.3 is 31.3 Å². The van der Waals surface area contributed by atoms with Gasteiger partial charge in [0.2, 0.25) is 5.91 Å². The second kappa shape index (κ2) is 20.2. The summed E-state index contributed by atoms with van der Waals surface area (Å²) in [6.07, 6.45) is 2.77. The van der Waals surface area contributed by atoms with Gasteiger partial charge in [0.1, 0.15) is 24.5 Å². The number of aromatic nitrogens is 3. The van der Waals surface area contributed by atoms with Gasteiger partial charge in [-0.25, -0.2) is 23.5 Å². The number of nitrogens with one attached hydrogen (secondary N) is 3. The highest BCUT2D eigenvalue weighted by atomic mass is 18.2. The maximum absolute atomic E-state index is 13.4. The number of aliphatic carboxylic acids is 3. The molecule has 0 aliphatic heterocycles. The Morgan fingerprint density at radius 2 is 1.54 bits per heavy atom. The average Bonchev–Trinajstić information content (AvgIpc) is 3.51. The van der Waals surface area contributed by atoms with E-state index in [1.54, 1.807) is 6.20 Å². The maximum atomic E-state index is 13.4. The minimum atomic E-state index is -1.51. The van der Waals surface area contributed by atoms with Crippen molar-refractivity contribution in [2.75, 3.05) is 13.2 Å². The van der Waals surface area contributed by atoms with E-state index in [2.05, 4.69) is 26.3 Å². The fourth-order valence-electron chi connectivity index (χ4n) is 5.46. The molecule has 0 radical (unpaired) electrons. The van der Waals surface area contributed by atoms with Gasteiger partial charge in [0, 0.05) is 31.7 Å². The second-order valence-corrected chi connectivity index (χ2v) is 11.9. The van der Waals surface area contributed by atoms with E-state index in [-0.39, 0.29) is 56.9 Å². The van der Waals surface area contributed by atoms with Crippen molar-refractivity contribution < 1.29 is 48.5 Å². The summed E-state index contributed by atoms with van der Waals surface area (Å²) >= 11 is 0. The van der Waals surface area contributed by atoms with Crippen LogP contribution < -0.4 is 16.0 Å². The smallest absolute Gasteiger partial charge is 0.326 e. The van der Waals surface area contributed by atoms with E-state index in [1.165, 1.54) is 4.68 Å². The molecular weight excluding hydrogens is 654 g/mol. The minimum Gasteiger partial charge on any atom is -0.481 e. The lowest BCUT2D eigenvalue weighted by molar-refractivity contribution is -0.141. The number of amides is 3. The number of nitrogens with zero attached hydrogens (tertiary/aromatic N) is 3. The Morgan fingerprint density at radius 3 is 2.22 bits per heavy atom. The molecular formula is C34H43FN6O9. The number of hydrogen-bond donors (Lipinski definition) is 6. The molecule has 270 valence electrons. The number of carbonyl (C=O) groups is 6. The quantitative estimate of drug-likeness (QED) is 0.0789. The van der Waals surface area contributed by atoms with Crippen LogP contribution in [0.4, 0.5) is 9.18 Å². The van der Waals surface area contributed by atoms with E-state index >= 15 is 0 Å². The van der Waals surface area contributed by atoms with Crippen molar-refractivity contribution in [3.8, 4) is 0 Å². The molecule has 3 unspecified atom stereocenters. The van der Waals surface area contributed by atoms with Crippen LogP contribution in [0.3, 0.4) is 0 Å². The van der Waals surface area contributed by atoms with Crippen LogP contribution in [-0.2, 0) is 43.4 Å². The summed E-state index contributed by atoms with van der Waals surface area (Å²) < 4.78 is 14.2. The first-order chi connectivity index (χ1) is 24.0. The van der Waals surface area contributed by atoms with Gasteiger partial charge in [-0.05, 0) is 61.3 Å². The Bertz CT molecular complexity index is 1630. The predicted molar refractivity (Wildman–Crippen MR) is 178 cm³/mol. The molecule has 0 saturated heterocycles. The largest absolute Gasteiger partial charge is 0.481 e. The molecule has 50 heavy (non-hydrogen) atoms. The van der Waals surface area contributed by atoms with Crippen LogP contribution in [0, 0.1) is 5.92 Å². The Hall–Kier alpha value is -5.41. The summed E-state index contributed by atoms with van der Waals surface area (Å²) in [7, 11) is 0. The van der Waals surface area contributed by atoms with Gasteiger partial charge >= 0.3 is 23.9 Å². The van der Waals surface area contributed by atoms with Gasteiger partial charge in [0.05, 0.1) is 18.4 Å². The molecule has 3 aromatic rings. The molecule has 16 heteroatoms. The summed E-state index contributed by atoms with van der Waals surface area (Å²) in [5, 5.41) is 44.3. The maximum Gasteiger partial charge on any atom is 0.326 e. The summed E-state index contributed by atoms with van der Waals surface area (Å²) in [6.45, 7) is -0.313. The monoisotopic (exact) mass is 697 g/mol.